The second-order valence-electron chi connectivity index (χ2n) is 7.33. The first kappa shape index (κ1) is 18.3. The van der Waals surface area contributed by atoms with Gasteiger partial charge in [0.05, 0.1) is 34.9 Å². The third kappa shape index (κ3) is 2.39. The lowest BCUT2D eigenvalue weighted by Crippen LogP contribution is -2.75. The number of nitro groups is 1. The molecule has 2 fully saturated rings. The SMILES string of the molecule is C[C@@H]1CN2c3c(F)cc([N+](=O)[O-])cc3CC3(C(=O)NC(=O)NC3=O)[C@H]2[C@H](C)O1. The van der Waals surface area contributed by atoms with E-state index in [9.17, 15) is 28.9 Å². The van der Waals surface area contributed by atoms with Gasteiger partial charge in [-0.1, -0.05) is 0 Å². The number of hydrogen-bond acceptors (Lipinski definition) is 7. The summed E-state index contributed by atoms with van der Waals surface area (Å²) < 4.78 is 20.7. The fraction of sp³-hybridized carbons (Fsp3) is 0.471. The average Bonchev–Trinajstić information content (AvgIpc) is 2.58. The lowest BCUT2D eigenvalue weighted by atomic mass is 9.66. The van der Waals surface area contributed by atoms with Crippen LogP contribution in [0.2, 0.25) is 0 Å². The number of hydrogen-bond donors (Lipinski definition) is 2. The Bertz CT molecular complexity index is 914. The molecular formula is C17H17FN4O6. The number of morpholine rings is 1. The summed E-state index contributed by atoms with van der Waals surface area (Å²) in [5.74, 6) is -2.48. The van der Waals surface area contributed by atoms with Gasteiger partial charge in [0, 0.05) is 19.0 Å². The van der Waals surface area contributed by atoms with Gasteiger partial charge in [-0.25, -0.2) is 9.18 Å². The van der Waals surface area contributed by atoms with Gasteiger partial charge in [0.15, 0.2) is 11.2 Å². The number of nitrogens with zero attached hydrogens (tertiary/aromatic N) is 2. The number of amides is 4. The molecule has 0 aromatic heterocycles. The smallest absolute Gasteiger partial charge is 0.328 e. The summed E-state index contributed by atoms with van der Waals surface area (Å²) in [4.78, 5) is 49.3. The highest BCUT2D eigenvalue weighted by Gasteiger charge is 2.63. The van der Waals surface area contributed by atoms with Crippen LogP contribution in [0.4, 0.5) is 20.6 Å². The average molecular weight is 392 g/mol. The predicted octanol–water partition coefficient (Wildman–Crippen LogP) is 0.625. The predicted molar refractivity (Wildman–Crippen MR) is 92.0 cm³/mol. The van der Waals surface area contributed by atoms with Crippen LogP contribution in [-0.4, -0.2) is 47.6 Å². The number of benzene rings is 1. The highest BCUT2D eigenvalue weighted by atomic mass is 19.1. The lowest BCUT2D eigenvalue weighted by molar-refractivity contribution is -0.385. The molecule has 1 aromatic carbocycles. The van der Waals surface area contributed by atoms with Crippen LogP contribution >= 0.6 is 0 Å². The Labute approximate surface area is 158 Å². The molecule has 3 aliphatic heterocycles. The molecule has 0 radical (unpaired) electrons. The standard InChI is InChI=1S/C17H17FN4O6/c1-7-6-21-12-9(3-10(22(26)27)4-11(12)18)5-17(13(21)8(2)28-7)14(23)19-16(25)20-15(17)24/h3-4,7-8,13H,5-6H2,1-2H3,(H2,19,20,23,24,25)/t7-,8+,13-/m1/s1. The molecule has 148 valence electrons. The fourth-order valence-electron chi connectivity index (χ4n) is 4.62. The van der Waals surface area contributed by atoms with Gasteiger partial charge in [-0.05, 0) is 19.4 Å². The minimum Gasteiger partial charge on any atom is -0.372 e. The summed E-state index contributed by atoms with van der Waals surface area (Å²) >= 11 is 0. The second-order valence-corrected chi connectivity index (χ2v) is 7.33. The van der Waals surface area contributed by atoms with E-state index < -0.39 is 51.8 Å². The van der Waals surface area contributed by atoms with Crippen molar-refractivity contribution in [1.82, 2.24) is 10.6 Å². The van der Waals surface area contributed by atoms with Crippen molar-refractivity contribution in [3.05, 3.63) is 33.6 Å². The monoisotopic (exact) mass is 392 g/mol. The number of carbonyl (C=O) groups excluding carboxylic acids is 3. The molecule has 10 nitrogen and oxygen atoms in total. The molecule has 0 saturated carbocycles. The number of barbiturate groups is 1. The van der Waals surface area contributed by atoms with Gasteiger partial charge in [-0.15, -0.1) is 0 Å². The van der Waals surface area contributed by atoms with Crippen LogP contribution in [0.25, 0.3) is 0 Å². The first-order chi connectivity index (χ1) is 13.1. The van der Waals surface area contributed by atoms with E-state index in [0.717, 1.165) is 12.1 Å². The van der Waals surface area contributed by atoms with Crippen LogP contribution in [0.15, 0.2) is 12.1 Å². The van der Waals surface area contributed by atoms with Gasteiger partial charge in [0.2, 0.25) is 11.8 Å². The van der Waals surface area contributed by atoms with Crippen molar-refractivity contribution in [3.63, 3.8) is 0 Å². The molecule has 4 rings (SSSR count). The summed E-state index contributed by atoms with van der Waals surface area (Å²) in [7, 11) is 0. The number of carbonyl (C=O) groups is 3. The van der Waals surface area contributed by atoms with E-state index in [1.165, 1.54) is 0 Å². The molecule has 0 bridgehead atoms. The van der Waals surface area contributed by atoms with Gasteiger partial charge >= 0.3 is 6.03 Å². The number of rotatable bonds is 1. The highest BCUT2D eigenvalue weighted by Crippen LogP contribution is 2.48. The summed E-state index contributed by atoms with van der Waals surface area (Å²) in [6.45, 7) is 3.61. The molecule has 2 N–H and O–H groups in total. The number of imide groups is 2. The summed E-state index contributed by atoms with van der Waals surface area (Å²) in [5.41, 5.74) is -2.00. The number of fused-ring (bicyclic) bond motifs is 4. The summed E-state index contributed by atoms with van der Waals surface area (Å²) in [5, 5.41) is 15.4. The van der Waals surface area contributed by atoms with Crippen LogP contribution in [0, 0.1) is 21.3 Å². The van der Waals surface area contributed by atoms with Crippen molar-refractivity contribution in [3.8, 4) is 0 Å². The van der Waals surface area contributed by atoms with Crippen LogP contribution in [0.3, 0.4) is 0 Å². The molecule has 28 heavy (non-hydrogen) atoms. The van der Waals surface area contributed by atoms with Gasteiger partial charge < -0.3 is 9.64 Å². The van der Waals surface area contributed by atoms with E-state index in [-0.39, 0.29) is 30.3 Å². The summed E-state index contributed by atoms with van der Waals surface area (Å²) in [6, 6.07) is 0.155. The van der Waals surface area contributed by atoms with E-state index in [1.54, 1.807) is 18.7 Å². The number of urea groups is 1. The molecular weight excluding hydrogens is 375 g/mol. The molecule has 11 heteroatoms. The van der Waals surface area contributed by atoms with Crippen LogP contribution in [0.1, 0.15) is 19.4 Å². The van der Waals surface area contributed by atoms with Gasteiger partial charge in [-0.2, -0.15) is 0 Å². The lowest BCUT2D eigenvalue weighted by Gasteiger charge is -2.55. The number of nitrogens with one attached hydrogen (secondary N) is 2. The maximum atomic E-state index is 14.9. The van der Waals surface area contributed by atoms with Crippen molar-refractivity contribution in [2.45, 2.75) is 38.5 Å². The van der Waals surface area contributed by atoms with Gasteiger partial charge in [-0.3, -0.25) is 30.3 Å². The third-order valence-electron chi connectivity index (χ3n) is 5.55. The molecule has 1 aromatic rings. The molecule has 4 amide bonds. The zero-order valence-electron chi connectivity index (χ0n) is 15.0. The van der Waals surface area contributed by atoms with E-state index in [4.69, 9.17) is 4.74 Å². The number of nitro benzene ring substituents is 1. The van der Waals surface area contributed by atoms with E-state index in [2.05, 4.69) is 10.6 Å². The first-order valence-corrected chi connectivity index (χ1v) is 8.71. The van der Waals surface area contributed by atoms with Crippen LogP contribution < -0.4 is 15.5 Å². The number of ether oxygens (including phenoxy) is 1. The Hall–Kier alpha value is -3.08. The Morgan fingerprint density at radius 2 is 1.89 bits per heavy atom. The van der Waals surface area contributed by atoms with Crippen molar-refractivity contribution >= 4 is 29.2 Å². The van der Waals surface area contributed by atoms with Gasteiger partial charge in [0.1, 0.15) is 0 Å². The molecule has 0 aliphatic carbocycles. The largest absolute Gasteiger partial charge is 0.372 e. The topological polar surface area (TPSA) is 131 Å². The Balaban J connectivity index is 1.96. The third-order valence-corrected chi connectivity index (χ3v) is 5.55. The zero-order valence-corrected chi connectivity index (χ0v) is 15.0. The zero-order chi connectivity index (χ0) is 20.4. The quantitative estimate of drug-likeness (QED) is 0.407. The van der Waals surface area contributed by atoms with E-state index in [1.807, 2.05) is 0 Å². The Morgan fingerprint density at radius 3 is 2.50 bits per heavy atom. The molecule has 0 unspecified atom stereocenters. The summed E-state index contributed by atoms with van der Waals surface area (Å²) in [6.07, 6.45) is -1.27. The van der Waals surface area contributed by atoms with Crippen molar-refractivity contribution < 1.29 is 28.4 Å². The Kier molecular flexibility index (Phi) is 3.89. The number of anilines is 1. The maximum absolute atomic E-state index is 14.9. The fourth-order valence-corrected chi connectivity index (χ4v) is 4.62. The molecule has 1 spiro atoms. The molecule has 2 saturated heterocycles. The van der Waals surface area contributed by atoms with Gasteiger partial charge in [0.25, 0.3) is 5.69 Å². The number of halogens is 1. The highest BCUT2D eigenvalue weighted by molar-refractivity contribution is 6.20. The van der Waals surface area contributed by atoms with Crippen molar-refractivity contribution in [2.75, 3.05) is 11.4 Å². The van der Waals surface area contributed by atoms with Crippen molar-refractivity contribution in [1.29, 1.82) is 0 Å². The van der Waals surface area contributed by atoms with Crippen molar-refractivity contribution in [2.24, 2.45) is 5.41 Å². The minimum atomic E-state index is -1.79. The second kappa shape index (κ2) is 5.96. The number of non-ortho nitro benzene ring substituents is 1. The normalized spacial score (nSPS) is 28.3. The molecule has 3 aliphatic rings. The van der Waals surface area contributed by atoms with Crippen LogP contribution in [-0.2, 0) is 20.7 Å². The minimum absolute atomic E-state index is 0.112. The Morgan fingerprint density at radius 1 is 1.25 bits per heavy atom. The van der Waals surface area contributed by atoms with Crippen LogP contribution in [0.5, 0.6) is 0 Å². The first-order valence-electron chi connectivity index (χ1n) is 8.71. The van der Waals surface area contributed by atoms with E-state index in [0.29, 0.717) is 0 Å². The van der Waals surface area contributed by atoms with E-state index >= 15 is 0 Å². The maximum Gasteiger partial charge on any atom is 0.328 e. The molecule has 3 atom stereocenters. The molecule has 3 heterocycles.